The van der Waals surface area contributed by atoms with Gasteiger partial charge in [-0.3, -0.25) is 19.3 Å². The molecule has 0 aliphatic carbocycles. The van der Waals surface area contributed by atoms with Crippen LogP contribution in [0.4, 0.5) is 5.69 Å². The normalized spacial score (nSPS) is 13.7. The van der Waals surface area contributed by atoms with Crippen molar-refractivity contribution in [3.05, 3.63) is 51.9 Å². The number of nitrogens with zero attached hydrogens (tertiary/aromatic N) is 1. The number of hydrogen-bond donors (Lipinski definition) is 0. The molecule has 0 unspecified atom stereocenters. The molecule has 0 radical (unpaired) electrons. The van der Waals surface area contributed by atoms with E-state index in [2.05, 4.69) is 15.9 Å². The molecule has 0 saturated carbocycles. The van der Waals surface area contributed by atoms with E-state index in [1.165, 1.54) is 17.2 Å². The third-order valence-corrected chi connectivity index (χ3v) is 3.77. The monoisotopic (exact) mass is 347 g/mol. The molecule has 0 fully saturated rings. The van der Waals surface area contributed by atoms with Crippen molar-refractivity contribution in [3.8, 4) is 0 Å². The van der Waals surface area contributed by atoms with Crippen LogP contribution in [0.15, 0.2) is 39.4 Å². The van der Waals surface area contributed by atoms with Gasteiger partial charge in [0.05, 0.1) is 24.1 Å². The molecule has 106 valence electrons. The summed E-state index contributed by atoms with van der Waals surface area (Å²) in [4.78, 5) is 37.4. The molecule has 0 saturated heterocycles. The highest BCUT2D eigenvalue weighted by molar-refractivity contribution is 9.10. The molecule has 0 spiro atoms. The van der Waals surface area contributed by atoms with Gasteiger partial charge in [-0.15, -0.1) is 0 Å². The van der Waals surface area contributed by atoms with Crippen molar-refractivity contribution < 1.29 is 18.8 Å². The van der Waals surface area contributed by atoms with E-state index < -0.39 is 11.7 Å². The van der Waals surface area contributed by atoms with Crippen molar-refractivity contribution in [2.45, 2.75) is 6.92 Å². The number of anilines is 1. The van der Waals surface area contributed by atoms with Crippen LogP contribution in [0.5, 0.6) is 0 Å². The lowest BCUT2D eigenvalue weighted by Crippen LogP contribution is -2.34. The smallest absolute Gasteiger partial charge is 0.299 e. The van der Waals surface area contributed by atoms with Crippen LogP contribution >= 0.6 is 15.9 Å². The van der Waals surface area contributed by atoms with Gasteiger partial charge in [0.2, 0.25) is 5.78 Å². The van der Waals surface area contributed by atoms with E-state index in [-0.39, 0.29) is 18.1 Å². The zero-order valence-corrected chi connectivity index (χ0v) is 12.6. The van der Waals surface area contributed by atoms with Crippen molar-refractivity contribution >= 4 is 39.1 Å². The summed E-state index contributed by atoms with van der Waals surface area (Å²) in [7, 11) is 0. The lowest BCUT2D eigenvalue weighted by atomic mass is 10.1. The molecule has 5 nitrogen and oxygen atoms in total. The van der Waals surface area contributed by atoms with Crippen molar-refractivity contribution in [2.24, 2.45) is 0 Å². The van der Waals surface area contributed by atoms with Crippen LogP contribution in [0.1, 0.15) is 26.5 Å². The Balaban J connectivity index is 2.00. The number of hydrogen-bond acceptors (Lipinski definition) is 4. The van der Waals surface area contributed by atoms with Gasteiger partial charge in [0.1, 0.15) is 0 Å². The molecule has 2 heterocycles. The van der Waals surface area contributed by atoms with Gasteiger partial charge in [0.15, 0.2) is 5.76 Å². The molecule has 2 aromatic rings. The number of carbonyl (C=O) groups excluding carboxylic acids is 3. The third kappa shape index (κ3) is 2.21. The van der Waals surface area contributed by atoms with Gasteiger partial charge in [0.25, 0.3) is 11.7 Å². The van der Waals surface area contributed by atoms with Crippen LogP contribution in [0, 0.1) is 6.92 Å². The second kappa shape index (κ2) is 4.96. The maximum Gasteiger partial charge on any atom is 0.299 e. The summed E-state index contributed by atoms with van der Waals surface area (Å²) in [6, 6.07) is 6.52. The quantitative estimate of drug-likeness (QED) is 0.632. The van der Waals surface area contributed by atoms with E-state index in [0.717, 1.165) is 10.0 Å². The molecule has 1 aliphatic rings. The minimum Gasteiger partial charge on any atom is -0.461 e. The number of aryl methyl sites for hydroxylation is 1. The topological polar surface area (TPSA) is 67.6 Å². The number of ketones is 2. The second-order valence-corrected chi connectivity index (χ2v) is 5.66. The summed E-state index contributed by atoms with van der Waals surface area (Å²) in [5.74, 6) is -1.47. The Kier molecular flexibility index (Phi) is 3.25. The van der Waals surface area contributed by atoms with Gasteiger partial charge in [-0.1, -0.05) is 15.9 Å². The van der Waals surface area contributed by atoms with Gasteiger partial charge >= 0.3 is 0 Å². The van der Waals surface area contributed by atoms with Crippen LogP contribution in [0.25, 0.3) is 0 Å². The maximum absolute atomic E-state index is 12.1. The number of furan rings is 1. The van der Waals surface area contributed by atoms with Crippen LogP contribution in [-0.4, -0.2) is 24.0 Å². The van der Waals surface area contributed by atoms with Gasteiger partial charge in [-0.25, -0.2) is 0 Å². The fraction of sp³-hybridized carbons (Fsp3) is 0.133. The molecule has 1 aromatic carbocycles. The molecule has 21 heavy (non-hydrogen) atoms. The molecular weight excluding hydrogens is 338 g/mol. The Bertz CT molecular complexity index is 764. The van der Waals surface area contributed by atoms with Crippen LogP contribution < -0.4 is 4.90 Å². The minimum atomic E-state index is -0.689. The number of amides is 1. The van der Waals surface area contributed by atoms with Gasteiger partial charge in [-0.05, 0) is 36.8 Å². The standard InChI is InChI=1S/C15H10BrNO4/c1-8-5-9(16)6-10-13(8)17(15(20)14(10)19)7-11(18)12-3-2-4-21-12/h2-6H,7H2,1H3. The largest absolute Gasteiger partial charge is 0.461 e. The fourth-order valence-corrected chi connectivity index (χ4v) is 2.99. The predicted octanol–water partition coefficient (Wildman–Crippen LogP) is 2.76. The van der Waals surface area contributed by atoms with Crippen LogP contribution in [-0.2, 0) is 4.79 Å². The molecule has 6 heteroatoms. The highest BCUT2D eigenvalue weighted by Gasteiger charge is 2.38. The van der Waals surface area contributed by atoms with Gasteiger partial charge in [-0.2, -0.15) is 0 Å². The molecule has 0 bridgehead atoms. The van der Waals surface area contributed by atoms with Gasteiger partial charge in [0, 0.05) is 4.47 Å². The average Bonchev–Trinajstić information content (AvgIpc) is 3.03. The summed E-state index contributed by atoms with van der Waals surface area (Å²) < 4.78 is 5.75. The number of halogens is 1. The second-order valence-electron chi connectivity index (χ2n) is 4.74. The number of carbonyl (C=O) groups is 3. The SMILES string of the molecule is Cc1cc(Br)cc2c1N(CC(=O)c1ccco1)C(=O)C2=O. The first-order valence-electron chi connectivity index (χ1n) is 6.22. The fourth-order valence-electron chi connectivity index (χ4n) is 2.42. The molecule has 1 aromatic heterocycles. The lowest BCUT2D eigenvalue weighted by molar-refractivity contribution is -0.114. The average molecular weight is 348 g/mol. The minimum absolute atomic E-state index is 0.165. The summed E-state index contributed by atoms with van der Waals surface area (Å²) in [5.41, 5.74) is 1.57. The van der Waals surface area contributed by atoms with Crippen molar-refractivity contribution in [1.29, 1.82) is 0 Å². The molecule has 1 amide bonds. The Morgan fingerprint density at radius 1 is 1.33 bits per heavy atom. The number of benzene rings is 1. The first-order valence-corrected chi connectivity index (χ1v) is 7.01. The lowest BCUT2D eigenvalue weighted by Gasteiger charge is -2.17. The van der Waals surface area contributed by atoms with Gasteiger partial charge < -0.3 is 4.42 Å². The summed E-state index contributed by atoms with van der Waals surface area (Å²) in [6.45, 7) is 1.58. The van der Waals surface area contributed by atoms with Crippen molar-refractivity contribution in [2.75, 3.05) is 11.4 Å². The van der Waals surface area contributed by atoms with E-state index in [4.69, 9.17) is 4.42 Å². The Morgan fingerprint density at radius 2 is 2.10 bits per heavy atom. The first-order chi connectivity index (χ1) is 9.99. The summed E-state index contributed by atoms with van der Waals surface area (Å²) in [6.07, 6.45) is 1.39. The number of rotatable bonds is 3. The maximum atomic E-state index is 12.1. The van der Waals surface area contributed by atoms with E-state index >= 15 is 0 Å². The van der Waals surface area contributed by atoms with Crippen molar-refractivity contribution in [1.82, 2.24) is 0 Å². The number of Topliss-reactive ketones (excluding diaryl/α,β-unsaturated/α-hetero) is 2. The van der Waals surface area contributed by atoms with Crippen LogP contribution in [0.3, 0.4) is 0 Å². The molecule has 3 rings (SSSR count). The molecule has 1 aliphatic heterocycles. The third-order valence-electron chi connectivity index (χ3n) is 3.32. The zero-order chi connectivity index (χ0) is 15.1. The molecule has 0 atom stereocenters. The van der Waals surface area contributed by atoms with E-state index in [1.54, 1.807) is 25.1 Å². The predicted molar refractivity (Wildman–Crippen MR) is 78.6 cm³/mol. The van der Waals surface area contributed by atoms with Crippen LogP contribution in [0.2, 0.25) is 0 Å². The summed E-state index contributed by atoms with van der Waals surface area (Å²) in [5, 5.41) is 0. The Labute approximate surface area is 128 Å². The highest BCUT2D eigenvalue weighted by atomic mass is 79.9. The Hall–Kier alpha value is -2.21. The molecular formula is C15H10BrNO4. The van der Waals surface area contributed by atoms with E-state index in [1.807, 2.05) is 0 Å². The zero-order valence-electron chi connectivity index (χ0n) is 11.1. The van der Waals surface area contributed by atoms with Crippen molar-refractivity contribution in [3.63, 3.8) is 0 Å². The molecule has 0 N–H and O–H groups in total. The van der Waals surface area contributed by atoms with E-state index in [0.29, 0.717) is 11.3 Å². The van der Waals surface area contributed by atoms with E-state index in [9.17, 15) is 14.4 Å². The highest BCUT2D eigenvalue weighted by Crippen LogP contribution is 2.35. The first kappa shape index (κ1) is 13.8. The summed E-state index contributed by atoms with van der Waals surface area (Å²) >= 11 is 3.30. The number of fused-ring (bicyclic) bond motifs is 1. The Morgan fingerprint density at radius 3 is 2.76 bits per heavy atom.